The van der Waals surface area contributed by atoms with Crippen LogP contribution >= 0.6 is 27.5 Å². The number of amides is 2. The van der Waals surface area contributed by atoms with Gasteiger partial charge in [0.05, 0.1) is 0 Å². The first-order valence-corrected chi connectivity index (χ1v) is 12.9. The molecular formula is C28H30BrClN2O3. The van der Waals surface area contributed by atoms with Crippen molar-refractivity contribution < 1.29 is 14.3 Å². The minimum atomic E-state index is -0.700. The average molecular weight is 558 g/mol. The highest BCUT2D eigenvalue weighted by molar-refractivity contribution is 9.10. The van der Waals surface area contributed by atoms with Crippen LogP contribution in [0.3, 0.4) is 0 Å². The molecule has 0 radical (unpaired) electrons. The number of rotatable bonds is 12. The van der Waals surface area contributed by atoms with Gasteiger partial charge in [-0.1, -0.05) is 83.3 Å². The SMILES string of the molecule is CCCCNC(=O)[C@H](Cc1ccccc1)N(Cc1cccc(Cl)c1)C(=O)COc1ccc(Br)cc1. The zero-order valence-electron chi connectivity index (χ0n) is 19.8. The molecule has 1 N–H and O–H groups in total. The highest BCUT2D eigenvalue weighted by atomic mass is 79.9. The van der Waals surface area contributed by atoms with Gasteiger partial charge in [-0.25, -0.2) is 0 Å². The van der Waals surface area contributed by atoms with E-state index in [0.29, 0.717) is 23.7 Å². The van der Waals surface area contributed by atoms with Crippen LogP contribution in [-0.2, 0) is 22.6 Å². The lowest BCUT2D eigenvalue weighted by atomic mass is 10.0. The van der Waals surface area contributed by atoms with Crippen LogP contribution in [0.4, 0.5) is 0 Å². The van der Waals surface area contributed by atoms with Gasteiger partial charge in [0.2, 0.25) is 5.91 Å². The second kappa shape index (κ2) is 13.9. The molecule has 1 atom stereocenters. The molecule has 5 nitrogen and oxygen atoms in total. The highest BCUT2D eigenvalue weighted by Gasteiger charge is 2.30. The largest absolute Gasteiger partial charge is 0.484 e. The first-order valence-electron chi connectivity index (χ1n) is 11.7. The molecule has 0 aromatic heterocycles. The summed E-state index contributed by atoms with van der Waals surface area (Å²) in [6.45, 7) is 2.69. The van der Waals surface area contributed by atoms with Gasteiger partial charge in [0, 0.05) is 29.0 Å². The molecule has 3 aromatic carbocycles. The van der Waals surface area contributed by atoms with Gasteiger partial charge in [0.15, 0.2) is 6.61 Å². The normalized spacial score (nSPS) is 11.5. The summed E-state index contributed by atoms with van der Waals surface area (Å²) < 4.78 is 6.70. The summed E-state index contributed by atoms with van der Waals surface area (Å²) in [6.07, 6.45) is 2.23. The van der Waals surface area contributed by atoms with E-state index in [0.717, 1.165) is 28.4 Å². The lowest BCUT2D eigenvalue weighted by Crippen LogP contribution is -2.51. The van der Waals surface area contributed by atoms with Crippen molar-refractivity contribution in [1.29, 1.82) is 0 Å². The number of carbonyl (C=O) groups excluding carboxylic acids is 2. The first kappa shape index (κ1) is 26.8. The predicted molar refractivity (Wildman–Crippen MR) is 143 cm³/mol. The van der Waals surface area contributed by atoms with Gasteiger partial charge < -0.3 is 15.0 Å². The van der Waals surface area contributed by atoms with E-state index in [9.17, 15) is 9.59 Å². The van der Waals surface area contributed by atoms with Gasteiger partial charge in [0.1, 0.15) is 11.8 Å². The molecule has 0 saturated carbocycles. The zero-order valence-corrected chi connectivity index (χ0v) is 22.1. The molecular weight excluding hydrogens is 528 g/mol. The number of hydrogen-bond donors (Lipinski definition) is 1. The van der Waals surface area contributed by atoms with Gasteiger partial charge in [-0.3, -0.25) is 9.59 Å². The van der Waals surface area contributed by atoms with Gasteiger partial charge in [-0.15, -0.1) is 0 Å². The molecule has 184 valence electrons. The number of nitrogens with one attached hydrogen (secondary N) is 1. The fraction of sp³-hybridized carbons (Fsp3) is 0.286. The Morgan fingerprint density at radius 2 is 1.71 bits per heavy atom. The molecule has 0 heterocycles. The summed E-state index contributed by atoms with van der Waals surface area (Å²) in [5.74, 6) is 0.122. The van der Waals surface area contributed by atoms with Crippen molar-refractivity contribution in [3.05, 3.63) is 99.5 Å². The third-order valence-electron chi connectivity index (χ3n) is 5.52. The fourth-order valence-electron chi connectivity index (χ4n) is 3.65. The van der Waals surface area contributed by atoms with Crippen LogP contribution in [0.5, 0.6) is 5.75 Å². The lowest BCUT2D eigenvalue weighted by Gasteiger charge is -2.31. The second-order valence-corrected chi connectivity index (χ2v) is 9.60. The number of nitrogens with zero attached hydrogens (tertiary/aromatic N) is 1. The van der Waals surface area contributed by atoms with E-state index in [1.54, 1.807) is 23.1 Å². The Balaban J connectivity index is 1.87. The Morgan fingerprint density at radius 1 is 1.00 bits per heavy atom. The summed E-state index contributed by atoms with van der Waals surface area (Å²) in [6, 6.07) is 23.6. The standard InChI is InChI=1S/C28H30BrClN2O3/c1-2-3-16-31-28(34)26(18-21-8-5-4-6-9-21)32(19-22-10-7-11-24(30)17-22)27(33)20-35-25-14-12-23(29)13-15-25/h4-15,17,26H,2-3,16,18-20H2,1H3,(H,31,34)/t26-/m0/s1. The molecule has 0 unspecified atom stereocenters. The number of carbonyl (C=O) groups is 2. The van der Waals surface area contributed by atoms with Crippen LogP contribution in [-0.4, -0.2) is 35.9 Å². The Hall–Kier alpha value is -2.83. The highest BCUT2D eigenvalue weighted by Crippen LogP contribution is 2.19. The predicted octanol–water partition coefficient (Wildman–Crippen LogP) is 6.04. The van der Waals surface area contributed by atoms with E-state index >= 15 is 0 Å². The molecule has 35 heavy (non-hydrogen) atoms. The van der Waals surface area contributed by atoms with E-state index in [-0.39, 0.29) is 25.0 Å². The molecule has 3 aromatic rings. The molecule has 0 saturated heterocycles. The molecule has 2 amide bonds. The maximum absolute atomic E-state index is 13.5. The summed E-state index contributed by atoms with van der Waals surface area (Å²) in [7, 11) is 0. The molecule has 7 heteroatoms. The Bertz CT molecular complexity index is 1090. The quantitative estimate of drug-likeness (QED) is 0.276. The molecule has 0 spiro atoms. The van der Waals surface area contributed by atoms with Crippen LogP contribution in [0.15, 0.2) is 83.3 Å². The van der Waals surface area contributed by atoms with E-state index in [4.69, 9.17) is 16.3 Å². The maximum Gasteiger partial charge on any atom is 0.261 e. The van der Waals surface area contributed by atoms with Crippen molar-refractivity contribution >= 4 is 39.3 Å². The monoisotopic (exact) mass is 556 g/mol. The molecule has 0 bridgehead atoms. The molecule has 0 fully saturated rings. The van der Waals surface area contributed by atoms with Gasteiger partial charge in [-0.05, 0) is 53.9 Å². The van der Waals surface area contributed by atoms with E-state index < -0.39 is 6.04 Å². The Labute approximate surface area is 220 Å². The van der Waals surface area contributed by atoms with Crippen molar-refractivity contribution in [3.8, 4) is 5.75 Å². The first-order chi connectivity index (χ1) is 17.0. The van der Waals surface area contributed by atoms with E-state index in [1.165, 1.54) is 0 Å². The van der Waals surface area contributed by atoms with Crippen LogP contribution in [0, 0.1) is 0 Å². The smallest absolute Gasteiger partial charge is 0.261 e. The fourth-order valence-corrected chi connectivity index (χ4v) is 4.13. The van der Waals surface area contributed by atoms with Gasteiger partial charge in [-0.2, -0.15) is 0 Å². The van der Waals surface area contributed by atoms with Crippen LogP contribution in [0.1, 0.15) is 30.9 Å². The minimum absolute atomic E-state index is 0.179. The van der Waals surface area contributed by atoms with Crippen molar-refractivity contribution in [2.75, 3.05) is 13.2 Å². The number of unbranched alkanes of at least 4 members (excludes halogenated alkanes) is 1. The zero-order chi connectivity index (χ0) is 25.0. The number of halogens is 2. The Kier molecular flexibility index (Phi) is 10.6. The van der Waals surface area contributed by atoms with Crippen molar-refractivity contribution in [2.45, 2.75) is 38.8 Å². The second-order valence-electron chi connectivity index (χ2n) is 8.24. The van der Waals surface area contributed by atoms with Crippen molar-refractivity contribution in [3.63, 3.8) is 0 Å². The van der Waals surface area contributed by atoms with Gasteiger partial charge in [0.25, 0.3) is 5.91 Å². The molecule has 0 aliphatic carbocycles. The third-order valence-corrected chi connectivity index (χ3v) is 6.28. The van der Waals surface area contributed by atoms with E-state index in [1.807, 2.05) is 60.7 Å². The lowest BCUT2D eigenvalue weighted by molar-refractivity contribution is -0.142. The molecule has 0 aliphatic rings. The molecule has 3 rings (SSSR count). The minimum Gasteiger partial charge on any atom is -0.484 e. The number of benzene rings is 3. The summed E-state index contributed by atoms with van der Waals surface area (Å²) in [5, 5.41) is 3.59. The van der Waals surface area contributed by atoms with E-state index in [2.05, 4.69) is 28.2 Å². The molecule has 0 aliphatic heterocycles. The third kappa shape index (κ3) is 8.71. The number of hydrogen-bond acceptors (Lipinski definition) is 3. The summed E-state index contributed by atoms with van der Waals surface area (Å²) in [4.78, 5) is 28.5. The summed E-state index contributed by atoms with van der Waals surface area (Å²) >= 11 is 9.60. The van der Waals surface area contributed by atoms with Crippen molar-refractivity contribution in [1.82, 2.24) is 10.2 Å². The van der Waals surface area contributed by atoms with Crippen LogP contribution in [0.2, 0.25) is 5.02 Å². The van der Waals surface area contributed by atoms with Gasteiger partial charge >= 0.3 is 0 Å². The number of ether oxygens (including phenoxy) is 1. The summed E-state index contributed by atoms with van der Waals surface area (Å²) in [5.41, 5.74) is 1.81. The van der Waals surface area contributed by atoms with Crippen LogP contribution in [0.25, 0.3) is 0 Å². The average Bonchev–Trinajstić information content (AvgIpc) is 2.86. The topological polar surface area (TPSA) is 58.6 Å². The maximum atomic E-state index is 13.5. The Morgan fingerprint density at radius 3 is 2.40 bits per heavy atom. The van der Waals surface area contributed by atoms with Crippen molar-refractivity contribution in [2.24, 2.45) is 0 Å². The van der Waals surface area contributed by atoms with Crippen LogP contribution < -0.4 is 10.1 Å².